The molecule has 116 valence electrons. The van der Waals surface area contributed by atoms with Gasteiger partial charge in [0.05, 0.1) is 0 Å². The van der Waals surface area contributed by atoms with E-state index in [9.17, 15) is 4.79 Å². The molecular formula is C21H26O. The zero-order valence-electron chi connectivity index (χ0n) is 13.3. The van der Waals surface area contributed by atoms with Gasteiger partial charge in [-0.2, -0.15) is 0 Å². The van der Waals surface area contributed by atoms with Gasteiger partial charge in [-0.3, -0.25) is 4.79 Å². The van der Waals surface area contributed by atoms with Crippen LogP contribution >= 0.6 is 0 Å². The molecule has 0 bridgehead atoms. The van der Waals surface area contributed by atoms with Gasteiger partial charge in [0.15, 0.2) is 0 Å². The van der Waals surface area contributed by atoms with Crippen molar-refractivity contribution in [1.29, 1.82) is 0 Å². The predicted octanol–water partition coefficient (Wildman–Crippen LogP) is 5.62. The second kappa shape index (κ2) is 9.94. The maximum Gasteiger partial charge on any atom is 0.150 e. The molecular weight excluding hydrogens is 268 g/mol. The van der Waals surface area contributed by atoms with E-state index in [-0.39, 0.29) is 0 Å². The summed E-state index contributed by atoms with van der Waals surface area (Å²) in [5, 5.41) is 0. The van der Waals surface area contributed by atoms with Crippen LogP contribution in [0.3, 0.4) is 0 Å². The first-order valence-corrected chi connectivity index (χ1v) is 8.46. The summed E-state index contributed by atoms with van der Waals surface area (Å²) >= 11 is 0. The standard InChI is InChI=1S/C21H26O/c22-18-21-16-10-15-20(17-21)14-7-4-2-1-3-6-11-19-12-8-5-9-13-19/h5,8-10,12-13,15-18H,1-4,6-7,11,14H2. The zero-order valence-corrected chi connectivity index (χ0v) is 13.3. The molecule has 0 amide bonds. The van der Waals surface area contributed by atoms with Gasteiger partial charge in [-0.05, 0) is 42.9 Å². The van der Waals surface area contributed by atoms with Crippen molar-refractivity contribution in [3.63, 3.8) is 0 Å². The van der Waals surface area contributed by atoms with Crippen molar-refractivity contribution in [2.24, 2.45) is 0 Å². The summed E-state index contributed by atoms with van der Waals surface area (Å²) in [6, 6.07) is 18.7. The smallest absolute Gasteiger partial charge is 0.150 e. The molecule has 0 fully saturated rings. The van der Waals surface area contributed by atoms with Crippen molar-refractivity contribution in [3.05, 3.63) is 71.3 Å². The van der Waals surface area contributed by atoms with Crippen molar-refractivity contribution < 1.29 is 4.79 Å². The molecule has 0 aromatic heterocycles. The average Bonchev–Trinajstić information content (AvgIpc) is 2.58. The van der Waals surface area contributed by atoms with Crippen molar-refractivity contribution in [2.45, 2.75) is 51.4 Å². The van der Waals surface area contributed by atoms with Gasteiger partial charge < -0.3 is 0 Å². The first kappa shape index (κ1) is 16.5. The van der Waals surface area contributed by atoms with Crippen LogP contribution in [-0.4, -0.2) is 6.29 Å². The van der Waals surface area contributed by atoms with Crippen LogP contribution in [0.4, 0.5) is 0 Å². The van der Waals surface area contributed by atoms with Crippen LogP contribution in [0.15, 0.2) is 54.6 Å². The van der Waals surface area contributed by atoms with Crippen LogP contribution in [0.2, 0.25) is 0 Å². The van der Waals surface area contributed by atoms with Crippen molar-refractivity contribution in [2.75, 3.05) is 0 Å². The third-order valence-electron chi connectivity index (χ3n) is 4.11. The number of aryl methyl sites for hydroxylation is 2. The molecule has 0 heterocycles. The van der Waals surface area contributed by atoms with Crippen molar-refractivity contribution in [3.8, 4) is 0 Å². The second-order valence-electron chi connectivity index (χ2n) is 5.97. The van der Waals surface area contributed by atoms with Crippen LogP contribution in [0.5, 0.6) is 0 Å². The summed E-state index contributed by atoms with van der Waals surface area (Å²) in [5.41, 5.74) is 3.53. The summed E-state index contributed by atoms with van der Waals surface area (Å²) in [6.07, 6.45) is 11.0. The molecule has 2 aromatic rings. The van der Waals surface area contributed by atoms with Crippen LogP contribution in [-0.2, 0) is 12.8 Å². The lowest BCUT2D eigenvalue weighted by atomic mass is 10.0. The Bertz CT molecular complexity index is 545. The molecule has 0 saturated heterocycles. The Morgan fingerprint density at radius 3 is 1.91 bits per heavy atom. The monoisotopic (exact) mass is 294 g/mol. The SMILES string of the molecule is O=Cc1cccc(CCCCCCCCc2ccccc2)c1. The molecule has 2 rings (SSSR count). The molecule has 0 N–H and O–H groups in total. The summed E-state index contributed by atoms with van der Waals surface area (Å²) < 4.78 is 0. The Hall–Kier alpha value is -1.89. The van der Waals surface area contributed by atoms with Crippen molar-refractivity contribution in [1.82, 2.24) is 0 Å². The summed E-state index contributed by atoms with van der Waals surface area (Å²) in [6.45, 7) is 0. The van der Waals surface area contributed by atoms with E-state index in [4.69, 9.17) is 0 Å². The molecule has 0 saturated carbocycles. The van der Waals surface area contributed by atoms with Gasteiger partial charge in [-0.1, -0.05) is 74.2 Å². The fraction of sp³-hybridized carbons (Fsp3) is 0.381. The predicted molar refractivity (Wildman–Crippen MR) is 93.4 cm³/mol. The average molecular weight is 294 g/mol. The van der Waals surface area contributed by atoms with Gasteiger partial charge >= 0.3 is 0 Å². The van der Waals surface area contributed by atoms with Crippen LogP contribution in [0.25, 0.3) is 0 Å². The van der Waals surface area contributed by atoms with E-state index >= 15 is 0 Å². The number of benzene rings is 2. The highest BCUT2D eigenvalue weighted by molar-refractivity contribution is 5.74. The molecule has 0 aliphatic heterocycles. The van der Waals surface area contributed by atoms with Crippen LogP contribution < -0.4 is 0 Å². The van der Waals surface area contributed by atoms with E-state index in [0.29, 0.717) is 0 Å². The number of hydrogen-bond donors (Lipinski definition) is 0. The molecule has 2 aromatic carbocycles. The summed E-state index contributed by atoms with van der Waals surface area (Å²) in [7, 11) is 0. The molecule has 0 unspecified atom stereocenters. The van der Waals surface area contributed by atoms with E-state index in [0.717, 1.165) is 18.3 Å². The molecule has 0 spiro atoms. The minimum absolute atomic E-state index is 0.790. The number of carbonyl (C=O) groups is 1. The first-order valence-electron chi connectivity index (χ1n) is 8.46. The highest BCUT2D eigenvalue weighted by atomic mass is 16.1. The molecule has 0 atom stereocenters. The lowest BCUT2D eigenvalue weighted by Gasteiger charge is -2.04. The topological polar surface area (TPSA) is 17.1 Å². The molecule has 22 heavy (non-hydrogen) atoms. The Morgan fingerprint density at radius 2 is 1.23 bits per heavy atom. The number of unbranched alkanes of at least 4 members (excludes halogenated alkanes) is 5. The normalized spacial score (nSPS) is 10.5. The fourth-order valence-corrected chi connectivity index (χ4v) is 2.83. The summed E-state index contributed by atoms with van der Waals surface area (Å²) in [5.74, 6) is 0. The molecule has 1 nitrogen and oxygen atoms in total. The number of carbonyl (C=O) groups excluding carboxylic acids is 1. The number of hydrogen-bond acceptors (Lipinski definition) is 1. The lowest BCUT2D eigenvalue weighted by Crippen LogP contribution is -1.89. The quantitative estimate of drug-likeness (QED) is 0.410. The Morgan fingerprint density at radius 1 is 0.636 bits per heavy atom. The van der Waals surface area contributed by atoms with Gasteiger partial charge in [0.25, 0.3) is 0 Å². The van der Waals surface area contributed by atoms with E-state index in [1.54, 1.807) is 0 Å². The fourth-order valence-electron chi connectivity index (χ4n) is 2.83. The second-order valence-corrected chi connectivity index (χ2v) is 5.97. The Labute approximate surface area is 134 Å². The van der Waals surface area contributed by atoms with E-state index in [1.165, 1.54) is 56.1 Å². The largest absolute Gasteiger partial charge is 0.298 e. The van der Waals surface area contributed by atoms with Crippen LogP contribution in [0, 0.1) is 0 Å². The first-order chi connectivity index (χ1) is 10.9. The maximum absolute atomic E-state index is 10.7. The number of rotatable bonds is 10. The number of aldehydes is 1. The summed E-state index contributed by atoms with van der Waals surface area (Å²) in [4.78, 5) is 10.7. The third kappa shape index (κ3) is 6.26. The van der Waals surface area contributed by atoms with Gasteiger partial charge in [0, 0.05) is 5.56 Å². The van der Waals surface area contributed by atoms with E-state index in [1.807, 2.05) is 18.2 Å². The molecule has 1 heteroatoms. The van der Waals surface area contributed by atoms with Gasteiger partial charge in [-0.25, -0.2) is 0 Å². The molecule has 0 radical (unpaired) electrons. The highest BCUT2D eigenvalue weighted by Gasteiger charge is 1.97. The lowest BCUT2D eigenvalue weighted by molar-refractivity contribution is 0.112. The Kier molecular flexibility index (Phi) is 7.45. The van der Waals surface area contributed by atoms with Gasteiger partial charge in [0.2, 0.25) is 0 Å². The van der Waals surface area contributed by atoms with Crippen LogP contribution in [0.1, 0.15) is 60.0 Å². The minimum Gasteiger partial charge on any atom is -0.298 e. The third-order valence-corrected chi connectivity index (χ3v) is 4.11. The van der Waals surface area contributed by atoms with E-state index < -0.39 is 0 Å². The van der Waals surface area contributed by atoms with E-state index in [2.05, 4.69) is 36.4 Å². The highest BCUT2D eigenvalue weighted by Crippen LogP contribution is 2.12. The molecule has 0 aliphatic carbocycles. The maximum atomic E-state index is 10.7. The van der Waals surface area contributed by atoms with Gasteiger partial charge in [0.1, 0.15) is 6.29 Å². The molecule has 0 aliphatic rings. The van der Waals surface area contributed by atoms with Gasteiger partial charge in [-0.15, -0.1) is 0 Å². The zero-order chi connectivity index (χ0) is 15.5. The minimum atomic E-state index is 0.790. The van der Waals surface area contributed by atoms with Crippen molar-refractivity contribution >= 4 is 6.29 Å². The Balaban J connectivity index is 1.50.